The number of amides is 2. The molecule has 2 rings (SSSR count). The molecule has 0 aromatic heterocycles. The molecule has 0 radical (unpaired) electrons. The number of hydrazine groups is 1. The predicted molar refractivity (Wildman–Crippen MR) is 87.6 cm³/mol. The number of hydrogen-bond donors (Lipinski definition) is 1. The Morgan fingerprint density at radius 2 is 1.81 bits per heavy atom. The van der Waals surface area contributed by atoms with Gasteiger partial charge >= 0.3 is 5.97 Å². The molecule has 0 fully saturated rings. The first-order valence-corrected chi connectivity index (χ1v) is 7.84. The molecule has 1 atom stereocenters. The van der Waals surface area contributed by atoms with Gasteiger partial charge in [0.25, 0.3) is 11.8 Å². The van der Waals surface area contributed by atoms with Crippen LogP contribution in [0.5, 0.6) is 0 Å². The Morgan fingerprint density at radius 3 is 2.23 bits per heavy atom. The Kier molecular flexibility index (Phi) is 5.15. The van der Waals surface area contributed by atoms with Crippen LogP contribution in [0.15, 0.2) is 29.5 Å². The van der Waals surface area contributed by atoms with Crippen LogP contribution in [0, 0.1) is 5.21 Å². The zero-order valence-electron chi connectivity index (χ0n) is 14.9. The van der Waals surface area contributed by atoms with Crippen LogP contribution >= 0.6 is 0 Å². The van der Waals surface area contributed by atoms with Crippen molar-refractivity contribution in [2.24, 2.45) is 5.28 Å². The lowest BCUT2D eigenvalue weighted by atomic mass is 10.1. The SMILES string of the molecule is CC(ON=[N+]([O-])N(CC(=O)O)C(C)(C)C)N1C(=O)c2ccccc2C1=O. The largest absolute Gasteiger partial charge is 0.569 e. The number of rotatable bonds is 6. The number of carboxylic acids is 1. The first kappa shape index (κ1) is 19.2. The van der Waals surface area contributed by atoms with Crippen molar-refractivity contribution >= 4 is 17.8 Å². The summed E-state index contributed by atoms with van der Waals surface area (Å²) in [6, 6.07) is 6.31. The highest BCUT2D eigenvalue weighted by Gasteiger charge is 2.40. The Hall–Kier alpha value is -3.17. The first-order chi connectivity index (χ1) is 12.0. The van der Waals surface area contributed by atoms with E-state index in [0.29, 0.717) is 0 Å². The molecule has 0 saturated heterocycles. The summed E-state index contributed by atoms with van der Waals surface area (Å²) in [5.74, 6) is -2.32. The lowest BCUT2D eigenvalue weighted by Crippen LogP contribution is -2.48. The summed E-state index contributed by atoms with van der Waals surface area (Å²) < 4.78 is 0. The molecule has 2 amide bonds. The lowest BCUT2D eigenvalue weighted by Gasteiger charge is -2.29. The van der Waals surface area contributed by atoms with E-state index in [9.17, 15) is 19.6 Å². The van der Waals surface area contributed by atoms with Crippen molar-refractivity contribution in [3.63, 3.8) is 0 Å². The third-order valence-corrected chi connectivity index (χ3v) is 3.72. The highest BCUT2D eigenvalue weighted by Crippen LogP contribution is 2.25. The average molecular weight is 364 g/mol. The number of aliphatic carboxylic acids is 1. The quantitative estimate of drug-likeness (QED) is 0.352. The Morgan fingerprint density at radius 1 is 1.31 bits per heavy atom. The van der Waals surface area contributed by atoms with Gasteiger partial charge < -0.3 is 15.2 Å². The highest BCUT2D eigenvalue weighted by molar-refractivity contribution is 6.21. The maximum absolute atomic E-state index is 12.3. The summed E-state index contributed by atoms with van der Waals surface area (Å²) in [5.41, 5.74) is -0.352. The van der Waals surface area contributed by atoms with Crippen LogP contribution in [0.2, 0.25) is 0 Å². The van der Waals surface area contributed by atoms with Gasteiger partial charge in [-0.05, 0) is 39.8 Å². The Labute approximate surface area is 149 Å². The van der Waals surface area contributed by atoms with Crippen LogP contribution in [-0.4, -0.2) is 56.1 Å². The number of imide groups is 1. The molecule has 1 unspecified atom stereocenters. The van der Waals surface area contributed by atoms with Crippen LogP contribution in [0.3, 0.4) is 0 Å². The second-order valence-corrected chi connectivity index (χ2v) is 6.69. The number of carboxylic acid groups (broad SMARTS) is 1. The molecule has 1 aliphatic rings. The molecule has 1 aliphatic heterocycles. The van der Waals surface area contributed by atoms with E-state index in [1.54, 1.807) is 32.9 Å². The molecule has 10 nitrogen and oxygen atoms in total. The second kappa shape index (κ2) is 6.98. The standard InChI is InChI=1S/C16H20N4O6/c1-10(19-14(23)11-7-5-6-8-12(11)15(19)24)26-17-20(25)18(9-13(21)22)16(2,3)4/h5-8,10H,9H2,1-4H3,(H,21,22). The smallest absolute Gasteiger partial charge is 0.329 e. The molecule has 1 N–H and O–H groups in total. The van der Waals surface area contributed by atoms with Gasteiger partial charge in [-0.15, -0.1) is 5.01 Å². The zero-order chi connectivity index (χ0) is 19.6. The van der Waals surface area contributed by atoms with Gasteiger partial charge in [-0.2, -0.15) is 0 Å². The van der Waals surface area contributed by atoms with Crippen molar-refractivity contribution in [3.05, 3.63) is 40.6 Å². The van der Waals surface area contributed by atoms with E-state index in [4.69, 9.17) is 9.94 Å². The molecule has 0 saturated carbocycles. The summed E-state index contributed by atoms with van der Waals surface area (Å²) in [6.45, 7) is 5.68. The summed E-state index contributed by atoms with van der Waals surface area (Å²) in [6.07, 6.45) is -1.15. The van der Waals surface area contributed by atoms with Crippen molar-refractivity contribution in [1.82, 2.24) is 9.91 Å². The number of carbonyl (C=O) groups excluding carboxylic acids is 2. The highest BCUT2D eigenvalue weighted by atomic mass is 16.7. The molecule has 10 heteroatoms. The van der Waals surface area contributed by atoms with Crippen molar-refractivity contribution < 1.29 is 29.3 Å². The normalized spacial score (nSPS) is 15.7. The molecule has 0 aliphatic carbocycles. The number of hydrogen-bond acceptors (Lipinski definition) is 6. The van der Waals surface area contributed by atoms with Crippen molar-refractivity contribution in [3.8, 4) is 0 Å². The minimum absolute atomic E-state index is 0.00276. The molecule has 0 spiro atoms. The molecule has 1 heterocycles. The average Bonchev–Trinajstić information content (AvgIpc) is 2.81. The molecule has 1 aromatic rings. The van der Waals surface area contributed by atoms with Crippen LogP contribution in [0.4, 0.5) is 0 Å². The minimum atomic E-state index is -1.22. The van der Waals surface area contributed by atoms with E-state index in [1.807, 2.05) is 0 Å². The topological polar surface area (TPSA) is 126 Å². The molecule has 140 valence electrons. The number of carbonyl (C=O) groups is 3. The summed E-state index contributed by atoms with van der Waals surface area (Å²) in [4.78, 5) is 41.5. The summed E-state index contributed by atoms with van der Waals surface area (Å²) >= 11 is 0. The van der Waals surface area contributed by atoms with E-state index in [0.717, 1.165) is 9.91 Å². The molecular weight excluding hydrogens is 344 g/mol. The second-order valence-electron chi connectivity index (χ2n) is 6.69. The van der Waals surface area contributed by atoms with Crippen LogP contribution < -0.4 is 0 Å². The molecule has 0 bridgehead atoms. The van der Waals surface area contributed by atoms with Crippen LogP contribution in [0.1, 0.15) is 48.4 Å². The van der Waals surface area contributed by atoms with Gasteiger partial charge in [-0.1, -0.05) is 12.1 Å². The fourth-order valence-electron chi connectivity index (χ4n) is 2.42. The van der Waals surface area contributed by atoms with E-state index in [-0.39, 0.29) is 16.1 Å². The molecule has 1 aromatic carbocycles. The summed E-state index contributed by atoms with van der Waals surface area (Å²) in [7, 11) is 0. The fourth-order valence-corrected chi connectivity index (χ4v) is 2.42. The molecular formula is C16H20N4O6. The van der Waals surface area contributed by atoms with Gasteiger partial charge in [-0.3, -0.25) is 14.4 Å². The first-order valence-electron chi connectivity index (χ1n) is 7.84. The monoisotopic (exact) mass is 364 g/mol. The van der Waals surface area contributed by atoms with Crippen molar-refractivity contribution in [1.29, 1.82) is 0 Å². The van der Waals surface area contributed by atoms with E-state index >= 15 is 0 Å². The van der Waals surface area contributed by atoms with E-state index in [2.05, 4.69) is 5.28 Å². The fraction of sp³-hybridized carbons (Fsp3) is 0.438. The zero-order valence-corrected chi connectivity index (χ0v) is 14.9. The third kappa shape index (κ3) is 3.73. The van der Waals surface area contributed by atoms with Gasteiger partial charge in [0.1, 0.15) is 0 Å². The van der Waals surface area contributed by atoms with Crippen molar-refractivity contribution in [2.45, 2.75) is 39.5 Å². The van der Waals surface area contributed by atoms with E-state index in [1.165, 1.54) is 19.1 Å². The lowest BCUT2D eigenvalue weighted by molar-refractivity contribution is -0.724. The molecule has 26 heavy (non-hydrogen) atoms. The maximum atomic E-state index is 12.3. The number of benzene rings is 1. The van der Waals surface area contributed by atoms with Gasteiger partial charge in [-0.25, -0.2) is 4.90 Å². The number of nitrogens with zero attached hydrogens (tertiary/aromatic N) is 4. The number of fused-ring (bicyclic) bond motifs is 1. The van der Waals surface area contributed by atoms with Crippen LogP contribution in [0.25, 0.3) is 0 Å². The van der Waals surface area contributed by atoms with Crippen LogP contribution in [-0.2, 0) is 9.63 Å². The van der Waals surface area contributed by atoms with Crippen molar-refractivity contribution in [2.75, 3.05) is 6.54 Å². The van der Waals surface area contributed by atoms with Gasteiger partial charge in [0.05, 0.1) is 21.6 Å². The van der Waals surface area contributed by atoms with Gasteiger partial charge in [0, 0.05) is 0 Å². The third-order valence-electron chi connectivity index (χ3n) is 3.72. The summed E-state index contributed by atoms with van der Waals surface area (Å²) in [5, 5.41) is 25.3. The van der Waals surface area contributed by atoms with E-state index < -0.39 is 36.1 Å². The van der Waals surface area contributed by atoms with Gasteiger partial charge in [0.15, 0.2) is 6.54 Å². The maximum Gasteiger partial charge on any atom is 0.329 e. The Balaban J connectivity index is 2.16. The minimum Gasteiger partial charge on any atom is -0.569 e. The Bertz CT molecular complexity index is 735. The predicted octanol–water partition coefficient (Wildman–Crippen LogP) is 1.62. The van der Waals surface area contributed by atoms with Gasteiger partial charge in [0.2, 0.25) is 11.5 Å².